The molecule has 0 saturated carbocycles. The van der Waals surface area contributed by atoms with Crippen molar-refractivity contribution in [2.24, 2.45) is 0 Å². The number of hydrogen-bond acceptors (Lipinski definition) is 7. The molecule has 0 aliphatic carbocycles. The third-order valence-corrected chi connectivity index (χ3v) is 6.38. The van der Waals surface area contributed by atoms with Gasteiger partial charge in [-0.1, -0.05) is 29.8 Å². The average molecular weight is 504 g/mol. The van der Waals surface area contributed by atoms with E-state index in [4.69, 9.17) is 32.7 Å². The Morgan fingerprint density at radius 3 is 2.47 bits per heavy atom. The highest BCUT2D eigenvalue weighted by atomic mass is 35.5. The van der Waals surface area contributed by atoms with Crippen molar-refractivity contribution in [2.75, 3.05) is 32.6 Å². The number of amides is 1. The van der Waals surface area contributed by atoms with Crippen LogP contribution in [0.15, 0.2) is 41.8 Å². The maximum Gasteiger partial charge on any atom is 0.256 e. The lowest BCUT2D eigenvalue weighted by Crippen LogP contribution is -2.45. The van der Waals surface area contributed by atoms with E-state index in [1.54, 1.807) is 24.4 Å². The molecule has 0 radical (unpaired) electrons. The number of ether oxygens (including phenoxy) is 2. The van der Waals surface area contributed by atoms with E-state index in [0.717, 1.165) is 0 Å². The maximum absolute atomic E-state index is 13.0. The van der Waals surface area contributed by atoms with Crippen LogP contribution in [0.1, 0.15) is 0 Å². The Hall–Kier alpha value is -3.27. The van der Waals surface area contributed by atoms with Crippen molar-refractivity contribution < 1.29 is 14.3 Å². The zero-order valence-electron chi connectivity index (χ0n) is 18.5. The quantitative estimate of drug-likeness (QED) is 0.366. The van der Waals surface area contributed by atoms with Crippen molar-refractivity contribution >= 4 is 45.7 Å². The van der Waals surface area contributed by atoms with E-state index in [-0.39, 0.29) is 33.6 Å². The van der Waals surface area contributed by atoms with E-state index < -0.39 is 0 Å². The van der Waals surface area contributed by atoms with Crippen molar-refractivity contribution in [3.05, 3.63) is 57.4 Å². The first-order chi connectivity index (χ1) is 16.4. The molecule has 1 aliphatic heterocycles. The summed E-state index contributed by atoms with van der Waals surface area (Å²) >= 11 is 13.0. The minimum absolute atomic E-state index is 0.103. The zero-order chi connectivity index (χ0) is 24.4. The molecule has 0 spiro atoms. The summed E-state index contributed by atoms with van der Waals surface area (Å²) in [7, 11) is 2.96. The fraction of sp³-hybridized carbons (Fsp3) is 0.261. The van der Waals surface area contributed by atoms with Gasteiger partial charge in [-0.2, -0.15) is 0 Å². The number of aromatic amines is 1. The Balaban J connectivity index is 1.69. The number of benzene rings is 1. The van der Waals surface area contributed by atoms with Crippen molar-refractivity contribution in [2.45, 2.75) is 12.1 Å². The van der Waals surface area contributed by atoms with Gasteiger partial charge in [-0.15, -0.1) is 0 Å². The normalized spacial score (nSPS) is 17.4. The Morgan fingerprint density at radius 2 is 1.82 bits per heavy atom. The summed E-state index contributed by atoms with van der Waals surface area (Å²) in [6.45, 7) is 4.72. The fourth-order valence-electron chi connectivity index (χ4n) is 3.91. The van der Waals surface area contributed by atoms with Crippen molar-refractivity contribution in [1.82, 2.24) is 20.6 Å². The molecule has 1 fully saturated rings. The molecule has 1 amide bonds. The van der Waals surface area contributed by atoms with E-state index in [1.807, 2.05) is 0 Å². The Labute approximate surface area is 205 Å². The van der Waals surface area contributed by atoms with Crippen LogP contribution in [0, 0.1) is 0 Å². The molecule has 0 unspecified atom stereocenters. The van der Waals surface area contributed by atoms with Gasteiger partial charge < -0.3 is 30.4 Å². The molecule has 1 aliphatic rings. The second kappa shape index (κ2) is 9.92. The van der Waals surface area contributed by atoms with Gasteiger partial charge in [0.1, 0.15) is 17.3 Å². The van der Waals surface area contributed by atoms with Gasteiger partial charge in [0.25, 0.3) is 5.56 Å². The minimum Gasteiger partial charge on any atom is -0.495 e. The number of H-pyrrole nitrogens is 1. The maximum atomic E-state index is 13.0. The number of fused-ring (bicyclic) bond motifs is 1. The van der Waals surface area contributed by atoms with Crippen LogP contribution in [0.2, 0.25) is 10.0 Å². The van der Waals surface area contributed by atoms with E-state index in [0.29, 0.717) is 52.4 Å². The van der Waals surface area contributed by atoms with Crippen LogP contribution in [-0.2, 0) is 4.79 Å². The summed E-state index contributed by atoms with van der Waals surface area (Å²) in [6, 6.07) is 4.74. The number of hydrogen-bond donors (Lipinski definition) is 4. The number of nitrogens with one attached hydrogen (secondary N) is 4. The van der Waals surface area contributed by atoms with Crippen LogP contribution in [0.3, 0.4) is 0 Å². The number of anilines is 1. The van der Waals surface area contributed by atoms with Crippen LogP contribution < -0.4 is 31.0 Å². The number of aromatic nitrogens is 2. The van der Waals surface area contributed by atoms with Gasteiger partial charge >= 0.3 is 0 Å². The molecule has 178 valence electrons. The SMILES string of the molecule is C=CC(=O)N[C@H]1CNC[C@H]1Nc1cc2c(=O)[nH]c(-c3c(Cl)c(OC)cc(OC)c3Cl)cc2cn1. The molecule has 11 heteroatoms. The average Bonchev–Trinajstić information content (AvgIpc) is 3.26. The number of carbonyl (C=O) groups is 1. The smallest absolute Gasteiger partial charge is 0.256 e. The fourth-order valence-corrected chi connectivity index (χ4v) is 4.61. The largest absolute Gasteiger partial charge is 0.495 e. The molecule has 1 saturated heterocycles. The van der Waals surface area contributed by atoms with E-state index in [1.165, 1.54) is 20.3 Å². The van der Waals surface area contributed by atoms with Crippen LogP contribution in [0.4, 0.5) is 5.82 Å². The van der Waals surface area contributed by atoms with Gasteiger partial charge in [-0.05, 0) is 18.2 Å². The summed E-state index contributed by atoms with van der Waals surface area (Å²) in [4.78, 5) is 32.0. The lowest BCUT2D eigenvalue weighted by molar-refractivity contribution is -0.117. The number of methoxy groups -OCH3 is 2. The lowest BCUT2D eigenvalue weighted by Gasteiger charge is -2.21. The Bertz CT molecular complexity index is 1300. The molecule has 3 heterocycles. The second-order valence-corrected chi connectivity index (χ2v) is 8.44. The monoisotopic (exact) mass is 503 g/mol. The zero-order valence-corrected chi connectivity index (χ0v) is 20.0. The molecular formula is C23H23Cl2N5O4. The van der Waals surface area contributed by atoms with Gasteiger partial charge in [0.15, 0.2) is 0 Å². The van der Waals surface area contributed by atoms with Crippen molar-refractivity contribution in [3.63, 3.8) is 0 Å². The summed E-state index contributed by atoms with van der Waals surface area (Å²) in [5.74, 6) is 0.985. The topological polar surface area (TPSA) is 117 Å². The van der Waals surface area contributed by atoms with Crippen molar-refractivity contribution in [3.8, 4) is 22.8 Å². The number of halogens is 2. The Kier molecular flexibility index (Phi) is 6.97. The van der Waals surface area contributed by atoms with Gasteiger partial charge in [0, 0.05) is 36.3 Å². The first kappa shape index (κ1) is 23.9. The highest BCUT2D eigenvalue weighted by molar-refractivity contribution is 6.41. The van der Waals surface area contributed by atoms with Crippen LogP contribution in [-0.4, -0.2) is 55.3 Å². The number of rotatable bonds is 7. The van der Waals surface area contributed by atoms with Gasteiger partial charge in [-0.25, -0.2) is 4.98 Å². The van der Waals surface area contributed by atoms with Gasteiger partial charge in [-0.3, -0.25) is 9.59 Å². The number of pyridine rings is 2. The summed E-state index contributed by atoms with van der Waals surface area (Å²) < 4.78 is 10.6. The third-order valence-electron chi connectivity index (χ3n) is 5.63. The molecule has 4 N–H and O–H groups in total. The minimum atomic E-state index is -0.340. The molecule has 3 aromatic rings. The highest BCUT2D eigenvalue weighted by Gasteiger charge is 2.28. The summed E-state index contributed by atoms with van der Waals surface area (Å²) in [5.41, 5.74) is 0.450. The Morgan fingerprint density at radius 1 is 1.15 bits per heavy atom. The molecule has 2 aromatic heterocycles. The van der Waals surface area contributed by atoms with E-state index >= 15 is 0 Å². The lowest BCUT2D eigenvalue weighted by atomic mass is 10.1. The molecule has 0 bridgehead atoms. The van der Waals surface area contributed by atoms with Crippen LogP contribution >= 0.6 is 23.2 Å². The molecule has 4 rings (SSSR count). The van der Waals surface area contributed by atoms with Gasteiger partial charge in [0.05, 0.1) is 47.4 Å². The van der Waals surface area contributed by atoms with Gasteiger partial charge in [0.2, 0.25) is 5.91 Å². The summed E-state index contributed by atoms with van der Waals surface area (Å²) in [5, 5.41) is 10.9. The first-order valence-corrected chi connectivity index (χ1v) is 11.2. The van der Waals surface area contributed by atoms with Crippen LogP contribution in [0.25, 0.3) is 22.0 Å². The predicted molar refractivity (Wildman–Crippen MR) is 133 cm³/mol. The molecule has 9 nitrogen and oxygen atoms in total. The molecular weight excluding hydrogens is 481 g/mol. The number of carbonyl (C=O) groups excluding carboxylic acids is 1. The second-order valence-electron chi connectivity index (χ2n) is 7.68. The first-order valence-electron chi connectivity index (χ1n) is 10.4. The van der Waals surface area contributed by atoms with Crippen molar-refractivity contribution in [1.29, 1.82) is 0 Å². The third kappa shape index (κ3) is 4.54. The summed E-state index contributed by atoms with van der Waals surface area (Å²) in [6.07, 6.45) is 2.83. The molecule has 34 heavy (non-hydrogen) atoms. The molecule has 2 atom stereocenters. The van der Waals surface area contributed by atoms with E-state index in [2.05, 4.69) is 32.5 Å². The highest BCUT2D eigenvalue weighted by Crippen LogP contribution is 2.45. The predicted octanol–water partition coefficient (Wildman–Crippen LogP) is 2.97. The standard InChI is InChI=1S/C23H23Cl2N5O4/c1-4-19(31)29-15-10-26-9-14(15)28-18-6-12-11(8-27-18)5-13(30-23(12)32)20-21(24)16(33-2)7-17(34-3)22(20)25/h4-8,14-15,26H,1,9-10H2,2-3H3,(H,27,28)(H,29,31)(H,30,32)/t14-,15+/m1/s1. The van der Waals surface area contributed by atoms with Crippen LogP contribution in [0.5, 0.6) is 11.5 Å². The molecule has 1 aromatic carbocycles. The van der Waals surface area contributed by atoms with E-state index in [9.17, 15) is 9.59 Å². The number of nitrogens with zero attached hydrogens (tertiary/aromatic N) is 1.